The minimum Gasteiger partial charge on any atom is -0.380 e. The molecule has 0 radical (unpaired) electrons. The molecule has 3 rings (SSSR count). The summed E-state index contributed by atoms with van der Waals surface area (Å²) in [7, 11) is 0. The number of benzene rings is 1. The Labute approximate surface area is 125 Å². The van der Waals surface area contributed by atoms with E-state index >= 15 is 0 Å². The van der Waals surface area contributed by atoms with Crippen LogP contribution in [-0.4, -0.2) is 24.1 Å². The van der Waals surface area contributed by atoms with Crippen LogP contribution in [0, 0.1) is 16.0 Å². The fourth-order valence-electron chi connectivity index (χ4n) is 3.99. The molecule has 1 saturated heterocycles. The van der Waals surface area contributed by atoms with E-state index in [0.717, 1.165) is 18.2 Å². The third-order valence-corrected chi connectivity index (χ3v) is 4.88. The lowest BCUT2D eigenvalue weighted by atomic mass is 9.85. The smallest absolute Gasteiger partial charge is 0.315 e. The number of nitro benzene ring substituents is 1. The Bertz CT molecular complexity index is 532. The van der Waals surface area contributed by atoms with Gasteiger partial charge < -0.3 is 10.2 Å². The summed E-state index contributed by atoms with van der Waals surface area (Å²) in [5.41, 5.74) is 1.68. The summed E-state index contributed by atoms with van der Waals surface area (Å²) in [6.45, 7) is 3.60. The van der Waals surface area contributed by atoms with Crippen molar-refractivity contribution in [3.8, 4) is 0 Å². The van der Waals surface area contributed by atoms with E-state index < -0.39 is 0 Å². The summed E-state index contributed by atoms with van der Waals surface area (Å²) in [4.78, 5) is 13.6. The zero-order chi connectivity index (χ0) is 14.8. The Morgan fingerprint density at radius 1 is 1.33 bits per heavy atom. The standard InChI is InChI=1S/C16H23N3O2/c1-2-17-13-7-5-9-15(16(13)19(20)21)18-11-10-12-6-3-4-8-14(12)18/h5,7,9,12,14,17H,2-4,6,8,10-11H2,1H3. The maximum Gasteiger partial charge on any atom is 0.315 e. The van der Waals surface area contributed by atoms with Gasteiger partial charge in [-0.1, -0.05) is 18.9 Å². The largest absolute Gasteiger partial charge is 0.380 e. The van der Waals surface area contributed by atoms with Gasteiger partial charge in [-0.2, -0.15) is 0 Å². The van der Waals surface area contributed by atoms with Gasteiger partial charge in [0, 0.05) is 19.1 Å². The van der Waals surface area contributed by atoms with E-state index in [0.29, 0.717) is 18.3 Å². The molecular weight excluding hydrogens is 266 g/mol. The first-order chi connectivity index (χ1) is 10.2. The molecule has 1 aliphatic heterocycles. The predicted molar refractivity (Wildman–Crippen MR) is 85.0 cm³/mol. The highest BCUT2D eigenvalue weighted by Crippen LogP contribution is 2.43. The van der Waals surface area contributed by atoms with Gasteiger partial charge >= 0.3 is 5.69 Å². The average molecular weight is 289 g/mol. The summed E-state index contributed by atoms with van der Waals surface area (Å²) in [5.74, 6) is 0.723. The average Bonchev–Trinajstić information content (AvgIpc) is 2.91. The van der Waals surface area contributed by atoms with Crippen molar-refractivity contribution in [1.82, 2.24) is 0 Å². The molecule has 0 aromatic heterocycles. The van der Waals surface area contributed by atoms with Crippen LogP contribution in [-0.2, 0) is 0 Å². The molecule has 1 N–H and O–H groups in total. The monoisotopic (exact) mass is 289 g/mol. The molecule has 1 heterocycles. The molecule has 21 heavy (non-hydrogen) atoms. The highest BCUT2D eigenvalue weighted by atomic mass is 16.6. The van der Waals surface area contributed by atoms with Crippen molar-refractivity contribution in [1.29, 1.82) is 0 Å². The van der Waals surface area contributed by atoms with Gasteiger partial charge in [-0.05, 0) is 44.2 Å². The van der Waals surface area contributed by atoms with Crippen molar-refractivity contribution in [2.24, 2.45) is 5.92 Å². The van der Waals surface area contributed by atoms with Crippen molar-refractivity contribution in [2.75, 3.05) is 23.3 Å². The Hall–Kier alpha value is -1.78. The molecule has 5 heteroatoms. The van der Waals surface area contributed by atoms with Gasteiger partial charge in [-0.25, -0.2) is 0 Å². The Morgan fingerprint density at radius 3 is 2.90 bits per heavy atom. The van der Waals surface area contributed by atoms with Crippen molar-refractivity contribution >= 4 is 17.1 Å². The second kappa shape index (κ2) is 5.92. The fourth-order valence-corrected chi connectivity index (χ4v) is 3.99. The van der Waals surface area contributed by atoms with Crippen LogP contribution in [0.5, 0.6) is 0 Å². The van der Waals surface area contributed by atoms with E-state index in [4.69, 9.17) is 0 Å². The van der Waals surface area contributed by atoms with Crippen LogP contribution in [0.25, 0.3) is 0 Å². The third-order valence-electron chi connectivity index (χ3n) is 4.88. The van der Waals surface area contributed by atoms with Crippen LogP contribution in [0.15, 0.2) is 18.2 Å². The molecule has 2 fully saturated rings. The molecule has 1 aliphatic carbocycles. The molecule has 1 saturated carbocycles. The van der Waals surface area contributed by atoms with E-state index in [-0.39, 0.29) is 10.6 Å². The van der Waals surface area contributed by atoms with Crippen LogP contribution >= 0.6 is 0 Å². The van der Waals surface area contributed by atoms with Gasteiger partial charge in [0.25, 0.3) is 0 Å². The Kier molecular flexibility index (Phi) is 3.99. The molecular formula is C16H23N3O2. The molecule has 1 aromatic rings. The van der Waals surface area contributed by atoms with Gasteiger partial charge in [0.05, 0.1) is 4.92 Å². The zero-order valence-corrected chi connectivity index (χ0v) is 12.5. The number of para-hydroxylation sites is 1. The summed E-state index contributed by atoms with van der Waals surface area (Å²) < 4.78 is 0. The van der Waals surface area contributed by atoms with Gasteiger partial charge in [-0.3, -0.25) is 10.1 Å². The maximum absolute atomic E-state index is 11.6. The van der Waals surface area contributed by atoms with Gasteiger partial charge in [0.2, 0.25) is 0 Å². The number of nitrogens with one attached hydrogen (secondary N) is 1. The van der Waals surface area contributed by atoms with E-state index in [2.05, 4.69) is 10.2 Å². The van der Waals surface area contributed by atoms with Crippen molar-refractivity contribution in [3.05, 3.63) is 28.3 Å². The summed E-state index contributed by atoms with van der Waals surface area (Å²) in [5, 5.41) is 14.7. The predicted octanol–water partition coefficient (Wildman–Crippen LogP) is 3.80. The molecule has 5 nitrogen and oxygen atoms in total. The van der Waals surface area contributed by atoms with Crippen molar-refractivity contribution < 1.29 is 4.92 Å². The summed E-state index contributed by atoms with van der Waals surface area (Å²) in [6, 6.07) is 6.14. The zero-order valence-electron chi connectivity index (χ0n) is 12.5. The molecule has 0 spiro atoms. The maximum atomic E-state index is 11.6. The molecule has 0 amide bonds. The van der Waals surface area contributed by atoms with Gasteiger partial charge in [-0.15, -0.1) is 0 Å². The first-order valence-electron chi connectivity index (χ1n) is 8.00. The molecule has 2 atom stereocenters. The Morgan fingerprint density at radius 2 is 2.14 bits per heavy atom. The Balaban J connectivity index is 1.97. The van der Waals surface area contributed by atoms with Crippen molar-refractivity contribution in [2.45, 2.75) is 45.1 Å². The van der Waals surface area contributed by atoms with Crippen LogP contribution < -0.4 is 10.2 Å². The second-order valence-corrected chi connectivity index (χ2v) is 6.05. The SMILES string of the molecule is CCNc1cccc(N2CCC3CCCCC32)c1[N+](=O)[O-]. The van der Waals surface area contributed by atoms with E-state index in [1.54, 1.807) is 6.07 Å². The first kappa shape index (κ1) is 14.2. The minimum absolute atomic E-state index is 0.233. The number of anilines is 2. The van der Waals surface area contributed by atoms with Gasteiger partial charge in [0.1, 0.15) is 11.4 Å². The highest BCUT2D eigenvalue weighted by molar-refractivity contribution is 5.77. The van der Waals surface area contributed by atoms with E-state index in [9.17, 15) is 10.1 Å². The highest BCUT2D eigenvalue weighted by Gasteiger charge is 2.38. The number of fused-ring (bicyclic) bond motifs is 1. The summed E-state index contributed by atoms with van der Waals surface area (Å²) in [6.07, 6.45) is 6.19. The molecule has 0 bridgehead atoms. The van der Waals surface area contributed by atoms with Crippen molar-refractivity contribution in [3.63, 3.8) is 0 Å². The lowest BCUT2D eigenvalue weighted by Gasteiger charge is -2.33. The van der Waals surface area contributed by atoms with E-state index in [1.807, 2.05) is 19.1 Å². The lowest BCUT2D eigenvalue weighted by Crippen LogP contribution is -2.35. The quantitative estimate of drug-likeness (QED) is 0.676. The first-order valence-corrected chi connectivity index (χ1v) is 8.00. The van der Waals surface area contributed by atoms with Crippen LogP contribution in [0.3, 0.4) is 0 Å². The fraction of sp³-hybridized carbons (Fsp3) is 0.625. The van der Waals surface area contributed by atoms with Crippen LogP contribution in [0.1, 0.15) is 39.0 Å². The summed E-state index contributed by atoms with van der Waals surface area (Å²) >= 11 is 0. The minimum atomic E-state index is -0.233. The number of rotatable bonds is 4. The third kappa shape index (κ3) is 2.57. The lowest BCUT2D eigenvalue weighted by molar-refractivity contribution is -0.383. The van der Waals surface area contributed by atoms with Gasteiger partial charge in [0.15, 0.2) is 0 Å². The van der Waals surface area contributed by atoms with Crippen LogP contribution in [0.2, 0.25) is 0 Å². The second-order valence-electron chi connectivity index (χ2n) is 6.05. The molecule has 2 aliphatic rings. The van der Waals surface area contributed by atoms with E-state index in [1.165, 1.54) is 32.1 Å². The number of nitrogens with zero attached hydrogens (tertiary/aromatic N) is 2. The molecule has 2 unspecified atom stereocenters. The number of nitro groups is 1. The molecule has 114 valence electrons. The van der Waals surface area contributed by atoms with Crippen LogP contribution in [0.4, 0.5) is 17.1 Å². The normalized spacial score (nSPS) is 24.7. The molecule has 1 aromatic carbocycles. The topological polar surface area (TPSA) is 58.4 Å². The number of hydrogen-bond donors (Lipinski definition) is 1. The number of hydrogen-bond acceptors (Lipinski definition) is 4.